The van der Waals surface area contributed by atoms with Crippen LogP contribution in [0.2, 0.25) is 0 Å². The summed E-state index contributed by atoms with van der Waals surface area (Å²) in [4.78, 5) is 18.4. The lowest BCUT2D eigenvalue weighted by molar-refractivity contribution is 0.0303. The molecule has 3 heterocycles. The summed E-state index contributed by atoms with van der Waals surface area (Å²) in [6.45, 7) is 2.39. The molecule has 2 aliphatic rings. The third-order valence-electron chi connectivity index (χ3n) is 4.74. The lowest BCUT2D eigenvalue weighted by Gasteiger charge is -2.27. The van der Waals surface area contributed by atoms with Crippen LogP contribution >= 0.6 is 0 Å². The van der Waals surface area contributed by atoms with Crippen LogP contribution in [0.15, 0.2) is 35.2 Å². The summed E-state index contributed by atoms with van der Waals surface area (Å²) in [5, 5.41) is 0. The van der Waals surface area contributed by atoms with Gasteiger partial charge in [0.1, 0.15) is 11.8 Å². The molecule has 4 rings (SSSR count). The van der Waals surface area contributed by atoms with Gasteiger partial charge in [-0.15, -0.1) is 0 Å². The number of rotatable bonds is 3. The number of amides is 1. The molecule has 1 fully saturated rings. The van der Waals surface area contributed by atoms with E-state index in [1.54, 1.807) is 23.1 Å². The van der Waals surface area contributed by atoms with Crippen LogP contribution in [0, 0.1) is 0 Å². The van der Waals surface area contributed by atoms with E-state index in [0.717, 1.165) is 11.1 Å². The molecule has 0 saturated carbocycles. The number of carbonyl (C=O) groups is 1. The van der Waals surface area contributed by atoms with Crippen LogP contribution in [-0.4, -0.2) is 61.1 Å². The van der Waals surface area contributed by atoms with Gasteiger partial charge < -0.3 is 14.1 Å². The zero-order valence-corrected chi connectivity index (χ0v) is 15.1. The number of hydrogen-bond donors (Lipinski definition) is 0. The van der Waals surface area contributed by atoms with E-state index in [2.05, 4.69) is 4.98 Å². The molecular weight excluding hydrogens is 358 g/mol. The quantitative estimate of drug-likeness (QED) is 0.793. The highest BCUT2D eigenvalue weighted by Crippen LogP contribution is 2.40. The van der Waals surface area contributed by atoms with Gasteiger partial charge in [0, 0.05) is 25.2 Å². The lowest BCUT2D eigenvalue weighted by atomic mass is 10.0. The highest BCUT2D eigenvalue weighted by Gasteiger charge is 2.39. The predicted octanol–water partition coefficient (Wildman–Crippen LogP) is 1.01. The van der Waals surface area contributed by atoms with Gasteiger partial charge in [0.2, 0.25) is 10.0 Å². The van der Waals surface area contributed by atoms with Crippen LogP contribution in [0.5, 0.6) is 0 Å². The average molecular weight is 377 g/mol. The molecule has 1 aromatic heterocycles. The number of ether oxygens (including phenoxy) is 1. The van der Waals surface area contributed by atoms with E-state index in [1.807, 2.05) is 0 Å². The second-order valence-electron chi connectivity index (χ2n) is 6.43. The molecule has 2 aromatic rings. The maximum Gasteiger partial charge on any atom is 0.254 e. The Hall–Kier alpha value is -2.23. The summed E-state index contributed by atoms with van der Waals surface area (Å²) in [6.07, 6.45) is 3.97. The molecule has 0 bridgehead atoms. The van der Waals surface area contributed by atoms with Gasteiger partial charge in [-0.25, -0.2) is 13.4 Å². The standard InChI is InChI=1S/C17H19N3O5S/c1-26(22,23)20-10-13-8-12(17(21)19-4-6-24-7-5-19)2-3-14(13)16(20)15-9-18-11-25-15/h2-3,8-9,11,16H,4-7,10H2,1H3/t16-/m1/s1. The molecule has 0 aliphatic carbocycles. The van der Waals surface area contributed by atoms with Gasteiger partial charge in [-0.1, -0.05) is 6.07 Å². The molecule has 0 unspecified atom stereocenters. The minimum absolute atomic E-state index is 0.0647. The number of oxazole rings is 1. The Bertz CT molecular complexity index is 920. The minimum atomic E-state index is -3.47. The van der Waals surface area contributed by atoms with E-state index in [0.29, 0.717) is 37.6 Å². The number of morpholine rings is 1. The Morgan fingerprint density at radius 1 is 1.27 bits per heavy atom. The number of fused-ring (bicyclic) bond motifs is 1. The second-order valence-corrected chi connectivity index (χ2v) is 8.37. The van der Waals surface area contributed by atoms with Gasteiger partial charge in [0.25, 0.3) is 5.91 Å². The van der Waals surface area contributed by atoms with Crippen LogP contribution in [-0.2, 0) is 21.3 Å². The van der Waals surface area contributed by atoms with Crippen LogP contribution < -0.4 is 0 Å². The fourth-order valence-corrected chi connectivity index (χ4v) is 4.44. The molecule has 0 N–H and O–H groups in total. The van der Waals surface area contributed by atoms with Crippen molar-refractivity contribution < 1.29 is 22.4 Å². The molecule has 0 radical (unpaired) electrons. The highest BCUT2D eigenvalue weighted by molar-refractivity contribution is 7.88. The number of carbonyl (C=O) groups excluding carboxylic acids is 1. The first-order valence-corrected chi connectivity index (χ1v) is 10.1. The monoisotopic (exact) mass is 377 g/mol. The van der Waals surface area contributed by atoms with E-state index in [-0.39, 0.29) is 12.5 Å². The van der Waals surface area contributed by atoms with Crippen molar-refractivity contribution in [2.45, 2.75) is 12.6 Å². The molecule has 26 heavy (non-hydrogen) atoms. The first kappa shape index (κ1) is 17.2. The lowest BCUT2D eigenvalue weighted by Crippen LogP contribution is -2.40. The number of benzene rings is 1. The van der Waals surface area contributed by atoms with Crippen molar-refractivity contribution >= 4 is 15.9 Å². The van der Waals surface area contributed by atoms with Gasteiger partial charge in [-0.3, -0.25) is 4.79 Å². The summed E-state index contributed by atoms with van der Waals surface area (Å²) in [5.41, 5.74) is 2.17. The molecule has 9 heteroatoms. The zero-order chi connectivity index (χ0) is 18.3. The predicted molar refractivity (Wildman–Crippen MR) is 91.9 cm³/mol. The summed E-state index contributed by atoms with van der Waals surface area (Å²) < 4.78 is 36.5. The summed E-state index contributed by atoms with van der Waals surface area (Å²) >= 11 is 0. The van der Waals surface area contributed by atoms with Crippen molar-refractivity contribution in [1.29, 1.82) is 0 Å². The normalized spacial score (nSPS) is 21.0. The average Bonchev–Trinajstić information content (AvgIpc) is 3.28. The molecular formula is C17H19N3O5S. The van der Waals surface area contributed by atoms with Gasteiger partial charge >= 0.3 is 0 Å². The first-order valence-electron chi connectivity index (χ1n) is 8.30. The summed E-state index contributed by atoms with van der Waals surface area (Å²) in [5.74, 6) is 0.395. The Morgan fingerprint density at radius 3 is 2.69 bits per heavy atom. The molecule has 0 spiro atoms. The van der Waals surface area contributed by atoms with E-state index in [1.165, 1.54) is 23.2 Å². The Labute approximate surface area is 151 Å². The Balaban J connectivity index is 1.70. The van der Waals surface area contributed by atoms with Crippen molar-refractivity contribution in [2.24, 2.45) is 0 Å². The van der Waals surface area contributed by atoms with Crippen LogP contribution in [0.25, 0.3) is 0 Å². The summed E-state index contributed by atoms with van der Waals surface area (Å²) in [7, 11) is -3.47. The molecule has 1 saturated heterocycles. The third-order valence-corrected chi connectivity index (χ3v) is 5.94. The molecule has 1 amide bonds. The molecule has 1 aromatic carbocycles. The largest absolute Gasteiger partial charge is 0.446 e. The fraction of sp³-hybridized carbons (Fsp3) is 0.412. The van der Waals surface area contributed by atoms with Crippen LogP contribution in [0.1, 0.15) is 33.3 Å². The minimum Gasteiger partial charge on any atom is -0.446 e. The maximum atomic E-state index is 12.7. The Kier molecular flexibility index (Phi) is 4.29. The van der Waals surface area contributed by atoms with E-state index in [9.17, 15) is 13.2 Å². The van der Waals surface area contributed by atoms with Crippen LogP contribution in [0.4, 0.5) is 0 Å². The van der Waals surface area contributed by atoms with E-state index >= 15 is 0 Å². The van der Waals surface area contributed by atoms with E-state index < -0.39 is 16.1 Å². The molecule has 2 aliphatic heterocycles. The van der Waals surface area contributed by atoms with Crippen molar-refractivity contribution in [2.75, 3.05) is 32.6 Å². The zero-order valence-electron chi connectivity index (χ0n) is 14.3. The second kappa shape index (κ2) is 6.49. The molecule has 1 atom stereocenters. The smallest absolute Gasteiger partial charge is 0.254 e. The number of sulfonamides is 1. The fourth-order valence-electron chi connectivity index (χ4n) is 3.47. The van der Waals surface area contributed by atoms with Crippen molar-refractivity contribution in [1.82, 2.24) is 14.2 Å². The SMILES string of the molecule is CS(=O)(=O)N1Cc2cc(C(=O)N3CCOCC3)ccc2[C@@H]1c1cnco1. The van der Waals surface area contributed by atoms with Gasteiger partial charge in [0.05, 0.1) is 25.7 Å². The summed E-state index contributed by atoms with van der Waals surface area (Å²) in [6, 6.07) is 4.77. The maximum absolute atomic E-state index is 12.7. The van der Waals surface area contributed by atoms with Crippen LogP contribution in [0.3, 0.4) is 0 Å². The van der Waals surface area contributed by atoms with Crippen molar-refractivity contribution in [3.63, 3.8) is 0 Å². The molecule has 8 nitrogen and oxygen atoms in total. The number of hydrogen-bond acceptors (Lipinski definition) is 6. The van der Waals surface area contributed by atoms with E-state index in [4.69, 9.17) is 9.15 Å². The topological polar surface area (TPSA) is 93.0 Å². The van der Waals surface area contributed by atoms with Gasteiger partial charge in [-0.05, 0) is 23.3 Å². The van der Waals surface area contributed by atoms with Crippen molar-refractivity contribution in [3.8, 4) is 0 Å². The number of aromatic nitrogens is 1. The molecule has 138 valence electrons. The number of nitrogens with zero attached hydrogens (tertiary/aromatic N) is 3. The Morgan fingerprint density at radius 2 is 2.04 bits per heavy atom. The van der Waals surface area contributed by atoms with Gasteiger partial charge in [-0.2, -0.15) is 4.31 Å². The van der Waals surface area contributed by atoms with Crippen molar-refractivity contribution in [3.05, 3.63) is 53.2 Å². The first-order chi connectivity index (χ1) is 12.4. The third kappa shape index (κ3) is 3.02. The highest BCUT2D eigenvalue weighted by atomic mass is 32.2. The van der Waals surface area contributed by atoms with Gasteiger partial charge in [0.15, 0.2) is 6.39 Å².